The van der Waals surface area contributed by atoms with Crippen LogP contribution in [0.3, 0.4) is 0 Å². The van der Waals surface area contributed by atoms with Gasteiger partial charge in [0.2, 0.25) is 5.88 Å². The molecule has 0 radical (unpaired) electrons. The number of rotatable bonds is 3. The molecular weight excluding hydrogens is 228 g/mol. The van der Waals surface area contributed by atoms with Crippen LogP contribution in [-0.4, -0.2) is 26.2 Å². The average molecular weight is 240 g/mol. The van der Waals surface area contributed by atoms with E-state index in [-0.39, 0.29) is 0 Å². The highest BCUT2D eigenvalue weighted by Gasteiger charge is 2.12. The zero-order valence-electron chi connectivity index (χ0n) is 9.95. The molecule has 0 saturated heterocycles. The van der Waals surface area contributed by atoms with Gasteiger partial charge < -0.3 is 4.74 Å². The number of aromatic nitrogens is 4. The van der Waals surface area contributed by atoms with E-state index >= 15 is 0 Å². The summed E-state index contributed by atoms with van der Waals surface area (Å²) in [6, 6.07) is 5.68. The Kier molecular flexibility index (Phi) is 2.64. The molecule has 18 heavy (non-hydrogen) atoms. The van der Waals surface area contributed by atoms with Gasteiger partial charge in [-0.1, -0.05) is 0 Å². The van der Waals surface area contributed by atoms with Crippen molar-refractivity contribution in [2.24, 2.45) is 0 Å². The van der Waals surface area contributed by atoms with Crippen LogP contribution in [0.4, 0.5) is 0 Å². The first kappa shape index (κ1) is 10.7. The third-order valence-corrected chi connectivity index (χ3v) is 2.62. The minimum Gasteiger partial charge on any atom is -0.478 e. The number of hydrogen-bond acceptors (Lipinski definition) is 4. The van der Waals surface area contributed by atoms with Crippen LogP contribution in [0.25, 0.3) is 16.8 Å². The Labute approximate surface area is 104 Å². The highest BCUT2D eigenvalue weighted by Crippen LogP contribution is 2.29. The molecule has 0 unspecified atom stereocenters. The Balaban J connectivity index is 2.20. The Hall–Kier alpha value is -2.43. The van der Waals surface area contributed by atoms with Crippen LogP contribution in [0.15, 0.2) is 43.0 Å². The van der Waals surface area contributed by atoms with E-state index in [0.717, 1.165) is 16.8 Å². The van der Waals surface area contributed by atoms with Crippen molar-refractivity contribution in [3.8, 4) is 17.0 Å². The first-order valence-electron chi connectivity index (χ1n) is 5.76. The van der Waals surface area contributed by atoms with Gasteiger partial charge in [0.25, 0.3) is 0 Å². The molecule has 5 heteroatoms. The summed E-state index contributed by atoms with van der Waals surface area (Å²) >= 11 is 0. The lowest BCUT2D eigenvalue weighted by molar-refractivity contribution is 0.328. The fourth-order valence-corrected chi connectivity index (χ4v) is 1.86. The second-order valence-electron chi connectivity index (χ2n) is 3.74. The lowest BCUT2D eigenvalue weighted by Crippen LogP contribution is -1.96. The lowest BCUT2D eigenvalue weighted by atomic mass is 10.1. The molecule has 0 fully saturated rings. The van der Waals surface area contributed by atoms with Crippen LogP contribution < -0.4 is 4.74 Å². The SMILES string of the molecule is CCOc1ncccc1-c1cnn2cccnc12. The van der Waals surface area contributed by atoms with Gasteiger partial charge in [0.15, 0.2) is 5.65 Å². The molecule has 5 nitrogen and oxygen atoms in total. The molecule has 3 aromatic heterocycles. The molecule has 3 heterocycles. The fraction of sp³-hybridized carbons (Fsp3) is 0.154. The van der Waals surface area contributed by atoms with Gasteiger partial charge in [-0.3, -0.25) is 0 Å². The van der Waals surface area contributed by atoms with Crippen molar-refractivity contribution in [1.82, 2.24) is 19.6 Å². The number of nitrogens with zero attached hydrogens (tertiary/aromatic N) is 4. The molecule has 90 valence electrons. The molecule has 0 aliphatic carbocycles. The fourth-order valence-electron chi connectivity index (χ4n) is 1.86. The normalized spacial score (nSPS) is 10.7. The van der Waals surface area contributed by atoms with Crippen molar-refractivity contribution in [2.45, 2.75) is 6.92 Å². The summed E-state index contributed by atoms with van der Waals surface area (Å²) in [5.74, 6) is 0.612. The van der Waals surface area contributed by atoms with Crippen LogP contribution in [0, 0.1) is 0 Å². The van der Waals surface area contributed by atoms with Gasteiger partial charge in [-0.15, -0.1) is 0 Å². The summed E-state index contributed by atoms with van der Waals surface area (Å²) in [5, 5.41) is 4.27. The zero-order chi connectivity index (χ0) is 12.4. The second kappa shape index (κ2) is 4.44. The van der Waals surface area contributed by atoms with Gasteiger partial charge in [-0.2, -0.15) is 5.10 Å². The van der Waals surface area contributed by atoms with Crippen molar-refractivity contribution < 1.29 is 4.74 Å². The lowest BCUT2D eigenvalue weighted by Gasteiger charge is -2.06. The third-order valence-electron chi connectivity index (χ3n) is 2.62. The van der Waals surface area contributed by atoms with Gasteiger partial charge in [-0.05, 0) is 25.1 Å². The Morgan fingerprint density at radius 2 is 2.06 bits per heavy atom. The Bertz CT molecular complexity index is 677. The zero-order valence-corrected chi connectivity index (χ0v) is 9.95. The molecular formula is C13H12N4O. The van der Waals surface area contributed by atoms with E-state index in [1.165, 1.54) is 0 Å². The van der Waals surface area contributed by atoms with Crippen molar-refractivity contribution in [3.05, 3.63) is 43.0 Å². The third kappa shape index (κ3) is 1.69. The molecule has 0 aromatic carbocycles. The standard InChI is InChI=1S/C13H12N4O/c1-2-18-13-10(5-3-6-15-13)11-9-16-17-8-4-7-14-12(11)17/h3-9H,2H2,1H3. The Morgan fingerprint density at radius 1 is 1.17 bits per heavy atom. The molecule has 0 atom stereocenters. The molecule has 0 saturated carbocycles. The van der Waals surface area contributed by atoms with Crippen LogP contribution in [0.2, 0.25) is 0 Å². The maximum Gasteiger partial charge on any atom is 0.221 e. The van der Waals surface area contributed by atoms with E-state index in [9.17, 15) is 0 Å². The highest BCUT2D eigenvalue weighted by atomic mass is 16.5. The maximum atomic E-state index is 5.53. The van der Waals surface area contributed by atoms with E-state index < -0.39 is 0 Å². The van der Waals surface area contributed by atoms with E-state index in [1.54, 1.807) is 23.1 Å². The molecule has 3 rings (SSSR count). The largest absolute Gasteiger partial charge is 0.478 e. The van der Waals surface area contributed by atoms with Crippen LogP contribution in [0.1, 0.15) is 6.92 Å². The molecule has 0 bridgehead atoms. The molecule has 3 aromatic rings. The summed E-state index contributed by atoms with van der Waals surface area (Å²) < 4.78 is 7.27. The first-order valence-corrected chi connectivity index (χ1v) is 5.76. The van der Waals surface area contributed by atoms with E-state index in [1.807, 2.05) is 31.3 Å². The van der Waals surface area contributed by atoms with Gasteiger partial charge in [0.05, 0.1) is 18.4 Å². The van der Waals surface area contributed by atoms with Crippen LogP contribution in [-0.2, 0) is 0 Å². The minimum atomic E-state index is 0.580. The van der Waals surface area contributed by atoms with Gasteiger partial charge in [-0.25, -0.2) is 14.5 Å². The van der Waals surface area contributed by atoms with Crippen LogP contribution >= 0.6 is 0 Å². The predicted molar refractivity (Wildman–Crippen MR) is 67.4 cm³/mol. The minimum absolute atomic E-state index is 0.580. The monoisotopic (exact) mass is 240 g/mol. The quantitative estimate of drug-likeness (QED) is 0.704. The van der Waals surface area contributed by atoms with Crippen molar-refractivity contribution >= 4 is 5.65 Å². The predicted octanol–water partition coefficient (Wildman–Crippen LogP) is 2.19. The van der Waals surface area contributed by atoms with Crippen molar-refractivity contribution in [1.29, 1.82) is 0 Å². The number of fused-ring (bicyclic) bond motifs is 1. The van der Waals surface area contributed by atoms with E-state index in [2.05, 4.69) is 15.1 Å². The molecule has 0 spiro atoms. The van der Waals surface area contributed by atoms with E-state index in [4.69, 9.17) is 4.74 Å². The smallest absolute Gasteiger partial charge is 0.221 e. The number of pyridine rings is 1. The summed E-state index contributed by atoms with van der Waals surface area (Å²) in [6.45, 7) is 2.52. The Morgan fingerprint density at radius 3 is 2.94 bits per heavy atom. The first-order chi connectivity index (χ1) is 8.90. The summed E-state index contributed by atoms with van der Waals surface area (Å²) in [7, 11) is 0. The molecule has 0 amide bonds. The van der Waals surface area contributed by atoms with Crippen molar-refractivity contribution in [3.63, 3.8) is 0 Å². The van der Waals surface area contributed by atoms with Gasteiger partial charge in [0.1, 0.15) is 0 Å². The summed E-state index contributed by atoms with van der Waals surface area (Å²) in [6.07, 6.45) is 7.11. The topological polar surface area (TPSA) is 52.3 Å². The van der Waals surface area contributed by atoms with Crippen LogP contribution in [0.5, 0.6) is 5.88 Å². The molecule has 0 N–H and O–H groups in total. The summed E-state index contributed by atoms with van der Waals surface area (Å²) in [4.78, 5) is 8.58. The molecule has 0 aliphatic rings. The van der Waals surface area contributed by atoms with Gasteiger partial charge in [0, 0.05) is 24.2 Å². The highest BCUT2D eigenvalue weighted by molar-refractivity contribution is 5.79. The van der Waals surface area contributed by atoms with E-state index in [0.29, 0.717) is 12.5 Å². The average Bonchev–Trinajstić information content (AvgIpc) is 2.84. The number of hydrogen-bond donors (Lipinski definition) is 0. The number of ether oxygens (including phenoxy) is 1. The van der Waals surface area contributed by atoms with Crippen molar-refractivity contribution in [2.75, 3.05) is 6.61 Å². The second-order valence-corrected chi connectivity index (χ2v) is 3.74. The maximum absolute atomic E-state index is 5.53. The summed E-state index contributed by atoms with van der Waals surface area (Å²) in [5.41, 5.74) is 2.63. The molecule has 0 aliphatic heterocycles. The van der Waals surface area contributed by atoms with Gasteiger partial charge >= 0.3 is 0 Å².